The van der Waals surface area contributed by atoms with Crippen molar-refractivity contribution in [3.8, 4) is 5.75 Å². The van der Waals surface area contributed by atoms with Crippen molar-refractivity contribution in [2.24, 2.45) is 0 Å². The molecular weight excluding hydrogens is 294 g/mol. The van der Waals surface area contributed by atoms with E-state index in [2.05, 4.69) is 24.4 Å². The molecule has 0 aliphatic rings. The SMILES string of the molecule is CC(COc1ccc(C(=O)NCC(=O)O)cc1)c1ccccc1. The average molecular weight is 313 g/mol. The number of nitrogens with one attached hydrogen (secondary N) is 1. The van der Waals surface area contributed by atoms with E-state index in [1.165, 1.54) is 5.56 Å². The van der Waals surface area contributed by atoms with Gasteiger partial charge in [0.15, 0.2) is 0 Å². The van der Waals surface area contributed by atoms with Crippen molar-refractivity contribution in [3.63, 3.8) is 0 Å². The van der Waals surface area contributed by atoms with Crippen molar-refractivity contribution in [1.29, 1.82) is 0 Å². The van der Waals surface area contributed by atoms with Gasteiger partial charge in [-0.3, -0.25) is 9.59 Å². The topological polar surface area (TPSA) is 75.6 Å². The number of rotatable bonds is 7. The van der Waals surface area contributed by atoms with Gasteiger partial charge in [0, 0.05) is 11.5 Å². The van der Waals surface area contributed by atoms with Crippen LogP contribution in [0.5, 0.6) is 5.75 Å². The highest BCUT2D eigenvalue weighted by Gasteiger charge is 2.08. The largest absolute Gasteiger partial charge is 0.493 e. The lowest BCUT2D eigenvalue weighted by atomic mass is 10.0. The number of aliphatic carboxylic acids is 1. The number of carbonyl (C=O) groups is 2. The summed E-state index contributed by atoms with van der Waals surface area (Å²) in [5.74, 6) is -0.567. The smallest absolute Gasteiger partial charge is 0.322 e. The zero-order valence-corrected chi connectivity index (χ0v) is 12.9. The van der Waals surface area contributed by atoms with Crippen LogP contribution in [0, 0.1) is 0 Å². The van der Waals surface area contributed by atoms with Gasteiger partial charge < -0.3 is 15.2 Å². The summed E-state index contributed by atoms with van der Waals surface area (Å²) in [6.07, 6.45) is 0. The highest BCUT2D eigenvalue weighted by molar-refractivity contribution is 5.95. The Morgan fingerprint density at radius 3 is 2.35 bits per heavy atom. The molecule has 1 atom stereocenters. The van der Waals surface area contributed by atoms with E-state index < -0.39 is 18.4 Å². The molecule has 0 aliphatic carbocycles. The van der Waals surface area contributed by atoms with Crippen LogP contribution in [-0.2, 0) is 4.79 Å². The number of carbonyl (C=O) groups excluding carboxylic acids is 1. The molecule has 23 heavy (non-hydrogen) atoms. The minimum Gasteiger partial charge on any atom is -0.493 e. The second-order valence-electron chi connectivity index (χ2n) is 5.22. The van der Waals surface area contributed by atoms with Gasteiger partial charge in [-0.15, -0.1) is 0 Å². The fourth-order valence-electron chi connectivity index (χ4n) is 2.06. The van der Waals surface area contributed by atoms with E-state index in [9.17, 15) is 9.59 Å². The number of amides is 1. The van der Waals surface area contributed by atoms with Crippen LogP contribution in [0.25, 0.3) is 0 Å². The molecule has 2 aromatic rings. The van der Waals surface area contributed by atoms with Crippen LogP contribution in [0.4, 0.5) is 0 Å². The van der Waals surface area contributed by atoms with E-state index in [4.69, 9.17) is 9.84 Å². The van der Waals surface area contributed by atoms with Gasteiger partial charge >= 0.3 is 5.97 Å². The third kappa shape index (κ3) is 5.14. The highest BCUT2D eigenvalue weighted by atomic mass is 16.5. The number of ether oxygens (including phenoxy) is 1. The molecule has 1 unspecified atom stereocenters. The first-order valence-corrected chi connectivity index (χ1v) is 7.34. The molecule has 0 saturated carbocycles. The quantitative estimate of drug-likeness (QED) is 0.824. The summed E-state index contributed by atoms with van der Waals surface area (Å²) < 4.78 is 5.73. The van der Waals surface area contributed by atoms with Gasteiger partial charge in [-0.25, -0.2) is 0 Å². The lowest BCUT2D eigenvalue weighted by molar-refractivity contribution is -0.135. The van der Waals surface area contributed by atoms with Gasteiger partial charge in [-0.2, -0.15) is 0 Å². The minimum absolute atomic E-state index is 0.259. The number of benzene rings is 2. The fourth-order valence-corrected chi connectivity index (χ4v) is 2.06. The van der Waals surface area contributed by atoms with Crippen LogP contribution in [0.2, 0.25) is 0 Å². The van der Waals surface area contributed by atoms with E-state index >= 15 is 0 Å². The van der Waals surface area contributed by atoms with Gasteiger partial charge in [0.2, 0.25) is 0 Å². The minimum atomic E-state index is -1.08. The van der Waals surface area contributed by atoms with Gasteiger partial charge in [0.1, 0.15) is 12.3 Å². The van der Waals surface area contributed by atoms with E-state index in [1.807, 2.05) is 18.2 Å². The fraction of sp³-hybridized carbons (Fsp3) is 0.222. The zero-order chi connectivity index (χ0) is 16.7. The second-order valence-corrected chi connectivity index (χ2v) is 5.22. The maximum atomic E-state index is 11.7. The predicted molar refractivity (Wildman–Crippen MR) is 86.8 cm³/mol. The highest BCUT2D eigenvalue weighted by Crippen LogP contribution is 2.18. The first-order chi connectivity index (χ1) is 11.1. The van der Waals surface area contributed by atoms with Gasteiger partial charge in [0.05, 0.1) is 6.61 Å². The molecule has 0 saturated heterocycles. The summed E-state index contributed by atoms with van der Waals surface area (Å²) in [6, 6.07) is 16.7. The predicted octanol–water partition coefficient (Wildman–Crippen LogP) is 2.68. The van der Waals surface area contributed by atoms with Crippen LogP contribution in [0.3, 0.4) is 0 Å². The molecule has 2 aromatic carbocycles. The normalized spacial score (nSPS) is 11.5. The average Bonchev–Trinajstić information content (AvgIpc) is 2.58. The Balaban J connectivity index is 1.87. The Labute approximate surface area is 134 Å². The maximum Gasteiger partial charge on any atom is 0.322 e. The molecule has 120 valence electrons. The number of hydrogen-bond acceptors (Lipinski definition) is 3. The summed E-state index contributed by atoms with van der Waals surface area (Å²) in [5.41, 5.74) is 1.60. The lowest BCUT2D eigenvalue weighted by Gasteiger charge is -2.13. The molecule has 2 N–H and O–H groups in total. The summed E-state index contributed by atoms with van der Waals surface area (Å²) in [4.78, 5) is 22.1. The molecule has 0 fully saturated rings. The van der Waals surface area contributed by atoms with Crippen molar-refractivity contribution >= 4 is 11.9 Å². The molecule has 1 amide bonds. The van der Waals surface area contributed by atoms with Gasteiger partial charge in [-0.05, 0) is 29.8 Å². The third-order valence-corrected chi connectivity index (χ3v) is 3.39. The molecule has 5 nitrogen and oxygen atoms in total. The second kappa shape index (κ2) is 7.98. The Hall–Kier alpha value is -2.82. The molecule has 0 heterocycles. The summed E-state index contributed by atoms with van der Waals surface area (Å²) >= 11 is 0. The van der Waals surface area contributed by atoms with Gasteiger partial charge in [0.25, 0.3) is 5.91 Å². The summed E-state index contributed by atoms with van der Waals surface area (Å²) in [6.45, 7) is 2.23. The van der Waals surface area contributed by atoms with Crippen LogP contribution in [0.15, 0.2) is 54.6 Å². The van der Waals surface area contributed by atoms with Crippen LogP contribution < -0.4 is 10.1 Å². The number of hydrogen-bond donors (Lipinski definition) is 2. The Kier molecular flexibility index (Phi) is 5.74. The van der Waals surface area contributed by atoms with E-state index in [0.717, 1.165) is 0 Å². The first kappa shape index (κ1) is 16.5. The van der Waals surface area contributed by atoms with Crippen LogP contribution in [0.1, 0.15) is 28.8 Å². The number of carboxylic acid groups (broad SMARTS) is 1. The van der Waals surface area contributed by atoms with E-state index in [-0.39, 0.29) is 5.92 Å². The number of carboxylic acids is 1. The summed E-state index contributed by atoms with van der Waals surface area (Å²) in [5, 5.41) is 10.8. The van der Waals surface area contributed by atoms with E-state index in [1.54, 1.807) is 24.3 Å². The molecule has 0 bridgehead atoms. The van der Waals surface area contributed by atoms with Gasteiger partial charge in [-0.1, -0.05) is 37.3 Å². The van der Waals surface area contributed by atoms with Crippen LogP contribution >= 0.6 is 0 Å². The molecule has 0 radical (unpaired) electrons. The monoisotopic (exact) mass is 313 g/mol. The van der Waals surface area contributed by atoms with Crippen LogP contribution in [-0.4, -0.2) is 30.1 Å². The van der Waals surface area contributed by atoms with Crippen molar-refractivity contribution in [1.82, 2.24) is 5.32 Å². The Morgan fingerprint density at radius 2 is 1.74 bits per heavy atom. The molecule has 0 aromatic heterocycles. The lowest BCUT2D eigenvalue weighted by Crippen LogP contribution is -2.29. The molecule has 0 spiro atoms. The Bertz CT molecular complexity index is 652. The zero-order valence-electron chi connectivity index (χ0n) is 12.9. The van der Waals surface area contributed by atoms with Crippen molar-refractivity contribution in [3.05, 3.63) is 65.7 Å². The standard InChI is InChI=1S/C18H19NO4/c1-13(14-5-3-2-4-6-14)12-23-16-9-7-15(8-10-16)18(22)19-11-17(20)21/h2-10,13H,11-12H2,1H3,(H,19,22)(H,20,21). The van der Waals surface area contributed by atoms with E-state index in [0.29, 0.717) is 17.9 Å². The molecular formula is C18H19NO4. The van der Waals surface area contributed by atoms with Crippen molar-refractivity contribution < 1.29 is 19.4 Å². The molecule has 5 heteroatoms. The van der Waals surface area contributed by atoms with Crippen molar-refractivity contribution in [2.75, 3.05) is 13.2 Å². The van der Waals surface area contributed by atoms with Crippen molar-refractivity contribution in [2.45, 2.75) is 12.8 Å². The maximum absolute atomic E-state index is 11.7. The summed E-state index contributed by atoms with van der Waals surface area (Å²) in [7, 11) is 0. The molecule has 0 aliphatic heterocycles. The Morgan fingerprint density at radius 1 is 1.09 bits per heavy atom. The first-order valence-electron chi connectivity index (χ1n) is 7.34. The third-order valence-electron chi connectivity index (χ3n) is 3.39. The molecule has 2 rings (SSSR count).